The molecule has 0 spiro atoms. The molecule has 1 aliphatic rings. The maximum Gasteiger partial charge on any atom is 0.338 e. The van der Waals surface area contributed by atoms with Crippen molar-refractivity contribution in [2.75, 3.05) is 13.2 Å². The Morgan fingerprint density at radius 3 is 2.29 bits per heavy atom. The molecule has 230 valence electrons. The SMILES string of the molecule is O=C(CCCC=CC[C@@H]1[C@@H](CCC(O)CCc2ccccc2)[C@H](O)C[C@@H]1O)Oc1ccc(C(=O)OC(CO)CO)cc1. The minimum absolute atomic E-state index is 0.0648. The van der Waals surface area contributed by atoms with Gasteiger partial charge in [-0.25, -0.2) is 4.79 Å². The number of unbranched alkanes of at least 4 members (excludes halogenated alkanes) is 1. The summed E-state index contributed by atoms with van der Waals surface area (Å²) in [5.41, 5.74) is 1.39. The zero-order valence-corrected chi connectivity index (χ0v) is 24.0. The summed E-state index contributed by atoms with van der Waals surface area (Å²) in [6, 6.07) is 15.9. The Balaban J connectivity index is 1.34. The Kier molecular flexibility index (Phi) is 14.1. The van der Waals surface area contributed by atoms with Crippen LogP contribution in [0.3, 0.4) is 0 Å². The number of carbonyl (C=O) groups is 2. The summed E-state index contributed by atoms with van der Waals surface area (Å²) in [5.74, 6) is -0.946. The van der Waals surface area contributed by atoms with Gasteiger partial charge in [-0.05, 0) is 93.0 Å². The lowest BCUT2D eigenvalue weighted by molar-refractivity contribution is -0.134. The standard InChI is InChI=1S/C33H44O9/c34-21-27(22-35)42-33(40)24-13-17-26(18-14-24)41-32(39)11-7-2-1-6-10-28-29(31(38)20-30(28)37)19-16-25(36)15-12-23-8-4-3-5-9-23/h1,3-6,8-9,13-14,17-18,25,27-31,34-38H,2,7,10-12,15-16,19-22H2/t25?,28-,29-,30+,31-/m1/s1. The second kappa shape index (κ2) is 17.8. The average Bonchev–Trinajstić information content (AvgIpc) is 3.27. The number of ether oxygens (including phenoxy) is 2. The second-order valence-corrected chi connectivity index (χ2v) is 10.9. The van der Waals surface area contributed by atoms with Crippen molar-refractivity contribution in [3.63, 3.8) is 0 Å². The zero-order chi connectivity index (χ0) is 30.3. The Labute approximate surface area is 247 Å². The van der Waals surface area contributed by atoms with Gasteiger partial charge in [0.05, 0.1) is 37.1 Å². The molecule has 9 nitrogen and oxygen atoms in total. The van der Waals surface area contributed by atoms with E-state index in [0.29, 0.717) is 44.9 Å². The average molecular weight is 585 g/mol. The van der Waals surface area contributed by atoms with Gasteiger partial charge in [-0.1, -0.05) is 42.5 Å². The number of hydrogen-bond acceptors (Lipinski definition) is 9. The molecule has 1 fully saturated rings. The predicted octanol–water partition coefficient (Wildman–Crippen LogP) is 3.35. The number of hydrogen-bond donors (Lipinski definition) is 5. The lowest BCUT2D eigenvalue weighted by Gasteiger charge is -2.23. The van der Waals surface area contributed by atoms with Crippen molar-refractivity contribution in [3.8, 4) is 5.75 Å². The monoisotopic (exact) mass is 584 g/mol. The third-order valence-corrected chi connectivity index (χ3v) is 7.79. The van der Waals surface area contributed by atoms with E-state index in [1.807, 2.05) is 42.5 Å². The highest BCUT2D eigenvalue weighted by Gasteiger charge is 2.40. The second-order valence-electron chi connectivity index (χ2n) is 10.9. The molecule has 0 aromatic heterocycles. The molecule has 1 unspecified atom stereocenters. The van der Waals surface area contributed by atoms with Crippen LogP contribution in [0.2, 0.25) is 0 Å². The fourth-order valence-corrected chi connectivity index (χ4v) is 5.34. The minimum atomic E-state index is -0.991. The summed E-state index contributed by atoms with van der Waals surface area (Å²) in [5, 5.41) is 49.5. The number of benzene rings is 2. The maximum absolute atomic E-state index is 12.2. The number of esters is 2. The first-order valence-corrected chi connectivity index (χ1v) is 14.8. The van der Waals surface area contributed by atoms with Crippen LogP contribution in [0.15, 0.2) is 66.7 Å². The van der Waals surface area contributed by atoms with Crippen molar-refractivity contribution in [1.82, 2.24) is 0 Å². The van der Waals surface area contributed by atoms with Gasteiger partial charge in [0, 0.05) is 6.42 Å². The first-order chi connectivity index (χ1) is 20.3. The van der Waals surface area contributed by atoms with Crippen molar-refractivity contribution in [3.05, 3.63) is 77.9 Å². The van der Waals surface area contributed by atoms with Gasteiger partial charge in [0.25, 0.3) is 0 Å². The molecular weight excluding hydrogens is 540 g/mol. The number of allylic oxidation sites excluding steroid dienone is 2. The van der Waals surface area contributed by atoms with Gasteiger partial charge in [0.1, 0.15) is 11.9 Å². The van der Waals surface area contributed by atoms with Crippen molar-refractivity contribution in [2.45, 2.75) is 82.2 Å². The van der Waals surface area contributed by atoms with Gasteiger partial charge >= 0.3 is 11.9 Å². The van der Waals surface area contributed by atoms with Crippen LogP contribution in [0.5, 0.6) is 5.75 Å². The van der Waals surface area contributed by atoms with Crippen molar-refractivity contribution < 1.29 is 44.6 Å². The van der Waals surface area contributed by atoms with Gasteiger partial charge in [-0.15, -0.1) is 0 Å². The quantitative estimate of drug-likeness (QED) is 0.0815. The van der Waals surface area contributed by atoms with E-state index < -0.39 is 49.6 Å². The summed E-state index contributed by atoms with van der Waals surface area (Å²) in [6.45, 7) is -0.972. The highest BCUT2D eigenvalue weighted by Crippen LogP contribution is 2.38. The van der Waals surface area contributed by atoms with E-state index in [2.05, 4.69) is 0 Å². The Bertz CT molecular complexity index is 1100. The first-order valence-electron chi connectivity index (χ1n) is 14.8. The predicted molar refractivity (Wildman–Crippen MR) is 157 cm³/mol. The van der Waals surface area contributed by atoms with E-state index in [1.165, 1.54) is 29.8 Å². The minimum Gasteiger partial charge on any atom is -0.454 e. The number of aryl methyl sites for hydroxylation is 1. The molecule has 2 aromatic rings. The Hall–Kier alpha value is -3.08. The molecular formula is C33H44O9. The molecule has 0 heterocycles. The summed E-state index contributed by atoms with van der Waals surface area (Å²) in [4.78, 5) is 24.2. The van der Waals surface area contributed by atoms with E-state index in [1.54, 1.807) is 0 Å². The molecule has 5 atom stereocenters. The molecule has 42 heavy (non-hydrogen) atoms. The van der Waals surface area contributed by atoms with Gasteiger partial charge in [0.15, 0.2) is 0 Å². The summed E-state index contributed by atoms with van der Waals surface area (Å²) in [7, 11) is 0. The van der Waals surface area contributed by atoms with Gasteiger partial charge in [0.2, 0.25) is 0 Å². The van der Waals surface area contributed by atoms with Crippen molar-refractivity contribution in [2.24, 2.45) is 11.8 Å². The number of aliphatic hydroxyl groups excluding tert-OH is 5. The van der Waals surface area contributed by atoms with Crippen LogP contribution in [-0.4, -0.2) is 75.1 Å². The molecule has 5 N–H and O–H groups in total. The largest absolute Gasteiger partial charge is 0.454 e. The number of rotatable bonds is 17. The van der Waals surface area contributed by atoms with Crippen LogP contribution in [0, 0.1) is 11.8 Å². The molecule has 2 aromatic carbocycles. The lowest BCUT2D eigenvalue weighted by Crippen LogP contribution is -2.25. The fraction of sp³-hybridized carbons (Fsp3) is 0.515. The molecule has 1 aliphatic carbocycles. The molecule has 1 saturated carbocycles. The van der Waals surface area contributed by atoms with Crippen LogP contribution in [0.4, 0.5) is 0 Å². The Morgan fingerprint density at radius 2 is 1.60 bits per heavy atom. The molecule has 0 saturated heterocycles. The summed E-state index contributed by atoms with van der Waals surface area (Å²) in [6.07, 6.45) is 6.51. The molecule has 0 radical (unpaired) electrons. The zero-order valence-electron chi connectivity index (χ0n) is 24.0. The van der Waals surface area contributed by atoms with Crippen LogP contribution >= 0.6 is 0 Å². The van der Waals surface area contributed by atoms with E-state index in [9.17, 15) is 24.9 Å². The molecule has 9 heteroatoms. The highest BCUT2D eigenvalue weighted by atomic mass is 16.6. The molecule has 0 amide bonds. The number of carbonyl (C=O) groups excluding carboxylic acids is 2. The molecule has 3 rings (SSSR count). The van der Waals surface area contributed by atoms with Gasteiger partial charge in [-0.3, -0.25) is 4.79 Å². The normalized spacial score (nSPS) is 21.1. The van der Waals surface area contributed by atoms with E-state index in [0.717, 1.165) is 6.42 Å². The van der Waals surface area contributed by atoms with Crippen molar-refractivity contribution in [1.29, 1.82) is 0 Å². The van der Waals surface area contributed by atoms with Crippen LogP contribution < -0.4 is 4.74 Å². The molecule has 0 bridgehead atoms. The topological polar surface area (TPSA) is 154 Å². The smallest absolute Gasteiger partial charge is 0.338 e. The number of aliphatic hydroxyl groups is 5. The maximum atomic E-state index is 12.2. The molecule has 0 aliphatic heterocycles. The van der Waals surface area contributed by atoms with Crippen molar-refractivity contribution >= 4 is 11.9 Å². The third-order valence-electron chi connectivity index (χ3n) is 7.79. The van der Waals surface area contributed by atoms with E-state index >= 15 is 0 Å². The summed E-state index contributed by atoms with van der Waals surface area (Å²) >= 11 is 0. The fourth-order valence-electron chi connectivity index (χ4n) is 5.34. The highest BCUT2D eigenvalue weighted by molar-refractivity contribution is 5.89. The Morgan fingerprint density at radius 1 is 0.905 bits per heavy atom. The van der Waals surface area contributed by atoms with Gasteiger partial charge < -0.3 is 35.0 Å². The lowest BCUT2D eigenvalue weighted by atomic mass is 9.85. The summed E-state index contributed by atoms with van der Waals surface area (Å²) < 4.78 is 10.3. The van der Waals surface area contributed by atoms with Crippen LogP contribution in [0.25, 0.3) is 0 Å². The van der Waals surface area contributed by atoms with E-state index in [4.69, 9.17) is 19.7 Å². The van der Waals surface area contributed by atoms with Crippen LogP contribution in [-0.2, 0) is 16.0 Å². The third kappa shape index (κ3) is 11.0. The van der Waals surface area contributed by atoms with Gasteiger partial charge in [-0.2, -0.15) is 0 Å². The first kappa shape index (κ1) is 33.4. The van der Waals surface area contributed by atoms with E-state index in [-0.39, 0.29) is 29.6 Å². The van der Waals surface area contributed by atoms with Crippen LogP contribution in [0.1, 0.15) is 67.3 Å².